The van der Waals surface area contributed by atoms with Gasteiger partial charge < -0.3 is 9.47 Å². The summed E-state index contributed by atoms with van der Waals surface area (Å²) in [5, 5.41) is 0. The Hall–Kier alpha value is -2.54. The molecule has 0 atom stereocenters. The average molecular weight is 349 g/mol. The molecule has 6 nitrogen and oxygen atoms in total. The number of benzene rings is 2. The lowest BCUT2D eigenvalue weighted by atomic mass is 10.1. The van der Waals surface area contributed by atoms with Crippen LogP contribution in [0.1, 0.15) is 22.8 Å². The summed E-state index contributed by atoms with van der Waals surface area (Å²) < 4.78 is 38.0. The Morgan fingerprint density at radius 1 is 1.17 bits per heavy atom. The number of ether oxygens (including phenoxy) is 2. The van der Waals surface area contributed by atoms with Gasteiger partial charge in [-0.2, -0.15) is 0 Å². The van der Waals surface area contributed by atoms with Crippen molar-refractivity contribution in [2.24, 2.45) is 0 Å². The summed E-state index contributed by atoms with van der Waals surface area (Å²) in [6.45, 7) is 3.88. The van der Waals surface area contributed by atoms with Crippen molar-refractivity contribution in [1.82, 2.24) is 0 Å². The van der Waals surface area contributed by atoms with E-state index in [0.29, 0.717) is 23.6 Å². The van der Waals surface area contributed by atoms with Crippen LogP contribution in [0.3, 0.4) is 0 Å². The molecule has 1 N–H and O–H groups in total. The van der Waals surface area contributed by atoms with Crippen molar-refractivity contribution < 1.29 is 22.7 Å². The fourth-order valence-corrected chi connectivity index (χ4v) is 3.51. The molecule has 2 rings (SSSR count). The van der Waals surface area contributed by atoms with Gasteiger partial charge in [-0.3, -0.25) is 4.72 Å². The zero-order valence-electron chi connectivity index (χ0n) is 13.7. The van der Waals surface area contributed by atoms with Gasteiger partial charge in [0.2, 0.25) is 0 Å². The van der Waals surface area contributed by atoms with Gasteiger partial charge in [-0.1, -0.05) is 18.2 Å². The van der Waals surface area contributed by atoms with Gasteiger partial charge >= 0.3 is 5.97 Å². The van der Waals surface area contributed by atoms with Crippen LogP contribution in [0.5, 0.6) is 5.75 Å². The fraction of sp³-hybridized carbons (Fsp3) is 0.235. The summed E-state index contributed by atoms with van der Waals surface area (Å²) in [5.74, 6) is -0.161. The maximum atomic E-state index is 12.7. The molecule has 0 bridgehead atoms. The van der Waals surface area contributed by atoms with Crippen LogP contribution in [-0.2, 0) is 14.8 Å². The summed E-state index contributed by atoms with van der Waals surface area (Å²) in [7, 11) is -2.64. The van der Waals surface area contributed by atoms with Gasteiger partial charge in [0, 0.05) is 0 Å². The predicted molar refractivity (Wildman–Crippen MR) is 90.9 cm³/mol. The van der Waals surface area contributed by atoms with E-state index < -0.39 is 16.0 Å². The number of methoxy groups -OCH3 is 1. The molecule has 0 spiro atoms. The van der Waals surface area contributed by atoms with Gasteiger partial charge in [0.1, 0.15) is 5.75 Å². The number of hydrogen-bond acceptors (Lipinski definition) is 5. The Morgan fingerprint density at radius 2 is 1.88 bits per heavy atom. The van der Waals surface area contributed by atoms with Gasteiger partial charge in [0.25, 0.3) is 10.0 Å². The van der Waals surface area contributed by atoms with Gasteiger partial charge in [-0.25, -0.2) is 13.2 Å². The van der Waals surface area contributed by atoms with Gasteiger partial charge in [-0.15, -0.1) is 0 Å². The second-order valence-corrected chi connectivity index (χ2v) is 6.66. The smallest absolute Gasteiger partial charge is 0.337 e. The summed E-state index contributed by atoms with van der Waals surface area (Å²) >= 11 is 0. The molecule has 0 fully saturated rings. The highest BCUT2D eigenvalue weighted by molar-refractivity contribution is 7.92. The maximum absolute atomic E-state index is 12.7. The van der Waals surface area contributed by atoms with Crippen molar-refractivity contribution in [3.63, 3.8) is 0 Å². The molecule has 0 saturated carbocycles. The Labute approximate surface area is 141 Å². The molecule has 7 heteroatoms. The highest BCUT2D eigenvalue weighted by atomic mass is 32.2. The molecule has 0 amide bonds. The zero-order chi connectivity index (χ0) is 17.7. The summed E-state index contributed by atoms with van der Waals surface area (Å²) in [5.41, 5.74) is 1.02. The minimum Gasteiger partial charge on any atom is -0.492 e. The second-order valence-electron chi connectivity index (χ2n) is 5.01. The largest absolute Gasteiger partial charge is 0.492 e. The normalized spacial score (nSPS) is 11.0. The number of anilines is 1. The van der Waals surface area contributed by atoms with E-state index in [1.807, 2.05) is 6.92 Å². The summed E-state index contributed by atoms with van der Waals surface area (Å²) in [4.78, 5) is 11.7. The van der Waals surface area contributed by atoms with Crippen LogP contribution < -0.4 is 9.46 Å². The predicted octanol–water partition coefficient (Wildman–Crippen LogP) is 2.98. The number of carbonyl (C=O) groups excluding carboxylic acids is 1. The van der Waals surface area contributed by atoms with E-state index in [4.69, 9.17) is 4.74 Å². The average Bonchev–Trinajstić information content (AvgIpc) is 2.56. The molecule has 0 aliphatic rings. The number of para-hydroxylation sites is 2. The molecule has 2 aromatic carbocycles. The lowest BCUT2D eigenvalue weighted by molar-refractivity contribution is 0.0600. The van der Waals surface area contributed by atoms with Crippen molar-refractivity contribution in [3.8, 4) is 5.75 Å². The fourth-order valence-electron chi connectivity index (χ4n) is 2.17. The van der Waals surface area contributed by atoms with Crippen LogP contribution in [-0.4, -0.2) is 28.1 Å². The molecule has 0 aliphatic carbocycles. The number of rotatable bonds is 6. The van der Waals surface area contributed by atoms with Crippen LogP contribution in [0.25, 0.3) is 0 Å². The third-order valence-electron chi connectivity index (χ3n) is 3.33. The Bertz CT molecular complexity index is 846. The van der Waals surface area contributed by atoms with Gasteiger partial charge in [0.15, 0.2) is 0 Å². The molecular formula is C17H19NO5S. The number of sulfonamides is 1. The quantitative estimate of drug-likeness (QED) is 0.811. The first-order chi connectivity index (χ1) is 11.4. The minimum atomic E-state index is -3.89. The van der Waals surface area contributed by atoms with E-state index in [1.165, 1.54) is 19.2 Å². The molecule has 2 aromatic rings. The molecule has 0 heterocycles. The van der Waals surface area contributed by atoms with Crippen molar-refractivity contribution >= 4 is 21.7 Å². The highest BCUT2D eigenvalue weighted by Crippen LogP contribution is 2.28. The number of carbonyl (C=O) groups is 1. The van der Waals surface area contributed by atoms with Gasteiger partial charge in [0.05, 0.1) is 29.9 Å². The van der Waals surface area contributed by atoms with E-state index in [-0.39, 0.29) is 10.5 Å². The molecule has 0 aromatic heterocycles. The Balaban J connectivity index is 2.43. The standard InChI is InChI=1S/C17H19NO5S/c1-4-23-15-8-6-5-7-14(15)18-24(20,21)16-11-13(17(19)22-3)10-9-12(16)2/h5-11,18H,4H2,1-3H3. The first-order valence-corrected chi connectivity index (χ1v) is 8.81. The van der Waals surface area contributed by atoms with Crippen molar-refractivity contribution in [2.45, 2.75) is 18.7 Å². The number of nitrogens with one attached hydrogen (secondary N) is 1. The Morgan fingerprint density at radius 3 is 2.54 bits per heavy atom. The minimum absolute atomic E-state index is 0.0108. The van der Waals surface area contributed by atoms with Gasteiger partial charge in [-0.05, 0) is 43.7 Å². The zero-order valence-corrected chi connectivity index (χ0v) is 14.5. The SMILES string of the molecule is CCOc1ccccc1NS(=O)(=O)c1cc(C(=O)OC)ccc1C. The van der Waals surface area contributed by atoms with Crippen molar-refractivity contribution in [1.29, 1.82) is 0 Å². The van der Waals surface area contributed by atoms with E-state index >= 15 is 0 Å². The van der Waals surface area contributed by atoms with E-state index in [1.54, 1.807) is 37.3 Å². The highest BCUT2D eigenvalue weighted by Gasteiger charge is 2.21. The van der Waals surface area contributed by atoms with Crippen molar-refractivity contribution in [3.05, 3.63) is 53.6 Å². The molecule has 0 aliphatic heterocycles. The molecule has 0 radical (unpaired) electrons. The molecule has 0 unspecified atom stereocenters. The monoisotopic (exact) mass is 349 g/mol. The van der Waals surface area contributed by atoms with E-state index in [2.05, 4.69) is 9.46 Å². The van der Waals surface area contributed by atoms with E-state index in [9.17, 15) is 13.2 Å². The maximum Gasteiger partial charge on any atom is 0.337 e. The third kappa shape index (κ3) is 3.86. The number of hydrogen-bond donors (Lipinski definition) is 1. The van der Waals surface area contributed by atoms with E-state index in [0.717, 1.165) is 0 Å². The molecule has 24 heavy (non-hydrogen) atoms. The van der Waals surface area contributed by atoms with Crippen LogP contribution in [0.15, 0.2) is 47.4 Å². The lowest BCUT2D eigenvalue weighted by Gasteiger charge is -2.14. The lowest BCUT2D eigenvalue weighted by Crippen LogP contribution is -2.16. The van der Waals surface area contributed by atoms with Crippen molar-refractivity contribution in [2.75, 3.05) is 18.4 Å². The van der Waals surface area contributed by atoms with Crippen LogP contribution in [0.4, 0.5) is 5.69 Å². The van der Waals surface area contributed by atoms with Crippen LogP contribution in [0, 0.1) is 6.92 Å². The number of aryl methyl sites for hydroxylation is 1. The van der Waals surface area contributed by atoms with Crippen LogP contribution in [0.2, 0.25) is 0 Å². The molecular weight excluding hydrogens is 330 g/mol. The van der Waals surface area contributed by atoms with Crippen LogP contribution >= 0.6 is 0 Å². The summed E-state index contributed by atoms with van der Waals surface area (Å²) in [6, 6.07) is 11.1. The number of esters is 1. The first kappa shape index (κ1) is 17.8. The molecule has 0 saturated heterocycles. The topological polar surface area (TPSA) is 81.7 Å². The Kier molecular flexibility index (Phi) is 5.46. The summed E-state index contributed by atoms with van der Waals surface area (Å²) in [6.07, 6.45) is 0. The second kappa shape index (κ2) is 7.35. The first-order valence-electron chi connectivity index (χ1n) is 7.32. The molecule has 128 valence electrons. The third-order valence-corrected chi connectivity index (χ3v) is 4.84.